The fraction of sp³-hybridized carbons (Fsp3) is 1.00. The van der Waals surface area contributed by atoms with Gasteiger partial charge in [-0.2, -0.15) is 0 Å². The summed E-state index contributed by atoms with van der Waals surface area (Å²) in [4.78, 5) is 5.21. The van der Waals surface area contributed by atoms with Gasteiger partial charge in [0.1, 0.15) is 0 Å². The van der Waals surface area contributed by atoms with E-state index in [0.717, 1.165) is 25.7 Å². The van der Waals surface area contributed by atoms with Gasteiger partial charge in [-0.3, -0.25) is 5.26 Å². The predicted octanol–water partition coefficient (Wildman–Crippen LogP) is 3.04. The Bertz CT molecular complexity index is 376. The van der Waals surface area contributed by atoms with E-state index in [2.05, 4.69) is 20.8 Å². The Morgan fingerprint density at radius 3 is 2.38 bits per heavy atom. The number of hydrogen-bond donors (Lipinski definition) is 1. The van der Waals surface area contributed by atoms with Crippen LogP contribution in [-0.2, 0) is 19.1 Å². The van der Waals surface area contributed by atoms with E-state index < -0.39 is 11.9 Å². The standard InChI is InChI=1S/C16H28O5/c1-9-5-7-13-11(3)14(18-4)20-15-16(13,21-17)12(9)8-6-10(2)19-15/h9-15,17H,5-8H2,1-4H3/t9-,10?,11-,12?,13?,14+,15+,16-/m1/s1. The minimum Gasteiger partial charge on any atom is -0.355 e. The molecular formula is C16H28O5. The molecule has 0 amide bonds. The van der Waals surface area contributed by atoms with E-state index in [1.54, 1.807) is 7.11 Å². The van der Waals surface area contributed by atoms with Crippen LogP contribution in [-0.4, -0.2) is 36.7 Å². The van der Waals surface area contributed by atoms with Crippen molar-refractivity contribution in [2.45, 2.75) is 70.7 Å². The summed E-state index contributed by atoms with van der Waals surface area (Å²) in [7, 11) is 1.66. The molecule has 0 spiro atoms. The van der Waals surface area contributed by atoms with Crippen molar-refractivity contribution in [1.29, 1.82) is 0 Å². The summed E-state index contributed by atoms with van der Waals surface area (Å²) in [6, 6.07) is 0. The highest BCUT2D eigenvalue weighted by Gasteiger charge is 2.64. The summed E-state index contributed by atoms with van der Waals surface area (Å²) in [6.07, 6.45) is 3.38. The number of ether oxygens (including phenoxy) is 3. The summed E-state index contributed by atoms with van der Waals surface area (Å²) >= 11 is 0. The van der Waals surface area contributed by atoms with Crippen LogP contribution in [0, 0.1) is 23.7 Å². The van der Waals surface area contributed by atoms with Crippen molar-refractivity contribution in [3.63, 3.8) is 0 Å². The first-order valence-corrected chi connectivity index (χ1v) is 8.20. The molecule has 0 aromatic rings. The van der Waals surface area contributed by atoms with Crippen molar-refractivity contribution < 1.29 is 24.4 Å². The zero-order valence-corrected chi connectivity index (χ0v) is 13.5. The summed E-state index contributed by atoms with van der Waals surface area (Å²) in [5.74, 6) is 1.12. The third-order valence-corrected chi connectivity index (χ3v) is 6.10. The van der Waals surface area contributed by atoms with Gasteiger partial charge in [0.15, 0.2) is 18.2 Å². The Balaban J connectivity index is 2.03. The van der Waals surface area contributed by atoms with Gasteiger partial charge in [-0.1, -0.05) is 13.8 Å². The highest BCUT2D eigenvalue weighted by atomic mass is 17.1. The molecule has 1 N–H and O–H groups in total. The average molecular weight is 300 g/mol. The summed E-state index contributed by atoms with van der Waals surface area (Å²) < 4.78 is 17.6. The Kier molecular flexibility index (Phi) is 4.32. The number of methoxy groups -OCH3 is 1. The SMILES string of the molecule is CO[C@H]1O[C@@H]2OC(C)CCC3[C@H](C)CCC([C@H]1C)[C@]32OO. The highest BCUT2D eigenvalue weighted by molar-refractivity contribution is 5.07. The van der Waals surface area contributed by atoms with Crippen LogP contribution in [0.3, 0.4) is 0 Å². The van der Waals surface area contributed by atoms with Crippen LogP contribution in [0.15, 0.2) is 0 Å². The summed E-state index contributed by atoms with van der Waals surface area (Å²) in [6.45, 7) is 6.43. The minimum absolute atomic E-state index is 0.103. The van der Waals surface area contributed by atoms with E-state index in [9.17, 15) is 5.26 Å². The van der Waals surface area contributed by atoms with Gasteiger partial charge in [0.2, 0.25) is 0 Å². The topological polar surface area (TPSA) is 57.2 Å². The molecule has 8 atom stereocenters. The van der Waals surface area contributed by atoms with E-state index in [1.165, 1.54) is 0 Å². The molecule has 0 aromatic heterocycles. The Hall–Kier alpha value is -0.200. The number of rotatable bonds is 2. The van der Waals surface area contributed by atoms with Crippen LogP contribution in [0.2, 0.25) is 0 Å². The lowest BCUT2D eigenvalue weighted by Crippen LogP contribution is -2.67. The molecule has 2 aliphatic heterocycles. The zero-order chi connectivity index (χ0) is 15.2. The monoisotopic (exact) mass is 300 g/mol. The second-order valence-electron chi connectivity index (χ2n) is 7.17. The molecule has 3 fully saturated rings. The second kappa shape index (κ2) is 5.78. The molecule has 21 heavy (non-hydrogen) atoms. The first-order chi connectivity index (χ1) is 10.0. The van der Waals surface area contributed by atoms with Crippen LogP contribution >= 0.6 is 0 Å². The largest absolute Gasteiger partial charge is 0.355 e. The molecule has 1 saturated carbocycles. The van der Waals surface area contributed by atoms with Crippen LogP contribution in [0.4, 0.5) is 0 Å². The van der Waals surface area contributed by atoms with Crippen molar-refractivity contribution in [3.8, 4) is 0 Å². The lowest BCUT2D eigenvalue weighted by atomic mass is 9.58. The molecule has 3 aliphatic rings. The van der Waals surface area contributed by atoms with Crippen molar-refractivity contribution in [3.05, 3.63) is 0 Å². The molecule has 0 bridgehead atoms. The van der Waals surface area contributed by atoms with Crippen LogP contribution in [0.25, 0.3) is 0 Å². The number of hydrogen-bond acceptors (Lipinski definition) is 5. The van der Waals surface area contributed by atoms with E-state index in [1.807, 2.05) is 0 Å². The molecule has 2 heterocycles. The molecule has 3 rings (SSSR count). The second-order valence-corrected chi connectivity index (χ2v) is 7.17. The maximum atomic E-state index is 9.89. The van der Waals surface area contributed by atoms with Gasteiger partial charge in [0, 0.05) is 18.9 Å². The maximum Gasteiger partial charge on any atom is 0.193 e. The Morgan fingerprint density at radius 1 is 1.00 bits per heavy atom. The Morgan fingerprint density at radius 2 is 1.71 bits per heavy atom. The van der Waals surface area contributed by atoms with Crippen molar-refractivity contribution in [2.24, 2.45) is 23.7 Å². The van der Waals surface area contributed by atoms with Crippen LogP contribution < -0.4 is 0 Å². The molecule has 3 unspecified atom stereocenters. The highest BCUT2D eigenvalue weighted by Crippen LogP contribution is 2.56. The van der Waals surface area contributed by atoms with E-state index >= 15 is 0 Å². The average Bonchev–Trinajstić information content (AvgIpc) is 2.62. The normalized spacial score (nSPS) is 53.9. The first kappa shape index (κ1) is 15.7. The van der Waals surface area contributed by atoms with Gasteiger partial charge in [-0.15, -0.1) is 0 Å². The summed E-state index contributed by atoms with van der Waals surface area (Å²) in [5, 5.41) is 9.89. The summed E-state index contributed by atoms with van der Waals surface area (Å²) in [5.41, 5.74) is -0.753. The van der Waals surface area contributed by atoms with Gasteiger partial charge in [-0.05, 0) is 44.4 Å². The van der Waals surface area contributed by atoms with Gasteiger partial charge < -0.3 is 14.2 Å². The van der Waals surface area contributed by atoms with Crippen molar-refractivity contribution in [2.75, 3.05) is 7.11 Å². The predicted molar refractivity (Wildman–Crippen MR) is 76.4 cm³/mol. The Labute approximate surface area is 126 Å². The molecule has 122 valence electrons. The van der Waals surface area contributed by atoms with Gasteiger partial charge in [-0.25, -0.2) is 4.89 Å². The zero-order valence-electron chi connectivity index (χ0n) is 13.5. The van der Waals surface area contributed by atoms with Gasteiger partial charge in [0.05, 0.1) is 6.10 Å². The van der Waals surface area contributed by atoms with Gasteiger partial charge >= 0.3 is 0 Å². The smallest absolute Gasteiger partial charge is 0.193 e. The quantitative estimate of drug-likeness (QED) is 0.627. The molecule has 2 saturated heterocycles. The molecule has 0 radical (unpaired) electrons. The van der Waals surface area contributed by atoms with Crippen LogP contribution in [0.1, 0.15) is 46.5 Å². The lowest BCUT2D eigenvalue weighted by molar-refractivity contribution is -0.458. The first-order valence-electron chi connectivity index (χ1n) is 8.20. The third kappa shape index (κ3) is 2.25. The van der Waals surface area contributed by atoms with Crippen LogP contribution in [0.5, 0.6) is 0 Å². The fourth-order valence-corrected chi connectivity index (χ4v) is 4.94. The third-order valence-electron chi connectivity index (χ3n) is 6.10. The van der Waals surface area contributed by atoms with E-state index in [4.69, 9.17) is 19.1 Å². The van der Waals surface area contributed by atoms with Crippen molar-refractivity contribution >= 4 is 0 Å². The van der Waals surface area contributed by atoms with Crippen molar-refractivity contribution in [1.82, 2.24) is 0 Å². The minimum atomic E-state index is -0.753. The maximum absolute atomic E-state index is 9.89. The van der Waals surface area contributed by atoms with E-state index in [-0.39, 0.29) is 30.1 Å². The molecule has 5 heteroatoms. The molecule has 0 aromatic carbocycles. The molecular weight excluding hydrogens is 272 g/mol. The van der Waals surface area contributed by atoms with E-state index in [0.29, 0.717) is 5.92 Å². The fourth-order valence-electron chi connectivity index (χ4n) is 4.94. The molecule has 5 nitrogen and oxygen atoms in total. The van der Waals surface area contributed by atoms with Gasteiger partial charge in [0.25, 0.3) is 0 Å². The lowest BCUT2D eigenvalue weighted by Gasteiger charge is -2.57. The molecule has 1 aliphatic carbocycles.